The number of nitrogens with zero attached hydrogens (tertiary/aromatic N) is 4. The van der Waals surface area contributed by atoms with Gasteiger partial charge in [-0.3, -0.25) is 14.1 Å². The lowest BCUT2D eigenvalue weighted by atomic mass is 10.1. The van der Waals surface area contributed by atoms with Gasteiger partial charge in [-0.1, -0.05) is 6.92 Å². The van der Waals surface area contributed by atoms with Crippen LogP contribution in [0.1, 0.15) is 13.3 Å². The van der Waals surface area contributed by atoms with Crippen molar-refractivity contribution in [2.45, 2.75) is 13.3 Å². The van der Waals surface area contributed by atoms with Crippen molar-refractivity contribution >= 4 is 32.8 Å². The van der Waals surface area contributed by atoms with Gasteiger partial charge in [0.1, 0.15) is 5.65 Å². The van der Waals surface area contributed by atoms with E-state index in [1.807, 2.05) is 0 Å². The van der Waals surface area contributed by atoms with Crippen molar-refractivity contribution in [3.05, 3.63) is 40.7 Å². The van der Waals surface area contributed by atoms with E-state index in [1.165, 1.54) is 36.1 Å². The maximum Gasteiger partial charge on any atom is 0.259 e. The fourth-order valence-electron chi connectivity index (χ4n) is 2.75. The Balaban J connectivity index is 2.17. The molecule has 0 atom stereocenters. The lowest BCUT2D eigenvalue weighted by Crippen LogP contribution is -2.21. The first-order valence-electron chi connectivity index (χ1n) is 8.47. The Kier molecular flexibility index (Phi) is 5.27. The molecule has 0 fully saturated rings. The standard InChI is InChI=1S/C17H19FN6O3S/c1-4-7-28(26,27)23-14-13(18)11(5-6-20-14)12-8-10-9-21-17(19-2)22-15(10)24(3)16(12)25/h5-6,8-9H,4,7H2,1-3H3,(H,20,23)(H,19,21,22). The summed E-state index contributed by atoms with van der Waals surface area (Å²) in [6, 6.07) is 2.79. The van der Waals surface area contributed by atoms with Gasteiger partial charge in [0, 0.05) is 37.4 Å². The molecule has 2 N–H and O–H groups in total. The molecule has 0 unspecified atom stereocenters. The van der Waals surface area contributed by atoms with Gasteiger partial charge in [-0.25, -0.2) is 22.8 Å². The predicted molar refractivity (Wildman–Crippen MR) is 105 cm³/mol. The molecule has 0 radical (unpaired) electrons. The zero-order valence-corrected chi connectivity index (χ0v) is 16.3. The fraction of sp³-hybridized carbons (Fsp3) is 0.294. The topological polar surface area (TPSA) is 119 Å². The average Bonchev–Trinajstić information content (AvgIpc) is 2.66. The monoisotopic (exact) mass is 406 g/mol. The van der Waals surface area contributed by atoms with E-state index in [0.717, 1.165) is 0 Å². The third-order valence-electron chi connectivity index (χ3n) is 4.08. The van der Waals surface area contributed by atoms with Crippen LogP contribution in [0.2, 0.25) is 0 Å². The van der Waals surface area contributed by atoms with Gasteiger partial charge < -0.3 is 5.32 Å². The average molecular weight is 406 g/mol. The number of aryl methyl sites for hydroxylation is 1. The van der Waals surface area contributed by atoms with E-state index in [1.54, 1.807) is 14.0 Å². The van der Waals surface area contributed by atoms with Gasteiger partial charge in [0.2, 0.25) is 16.0 Å². The van der Waals surface area contributed by atoms with E-state index in [2.05, 4.69) is 25.0 Å². The van der Waals surface area contributed by atoms with Crippen LogP contribution in [0.15, 0.2) is 29.3 Å². The summed E-state index contributed by atoms with van der Waals surface area (Å²) in [6.07, 6.45) is 3.13. The van der Waals surface area contributed by atoms with Crippen LogP contribution in [0.3, 0.4) is 0 Å². The van der Waals surface area contributed by atoms with Crippen molar-refractivity contribution in [2.24, 2.45) is 7.05 Å². The summed E-state index contributed by atoms with van der Waals surface area (Å²) in [5.41, 5.74) is -0.122. The van der Waals surface area contributed by atoms with E-state index in [9.17, 15) is 17.6 Å². The highest BCUT2D eigenvalue weighted by Gasteiger charge is 2.20. The van der Waals surface area contributed by atoms with Crippen LogP contribution in [0.4, 0.5) is 16.2 Å². The van der Waals surface area contributed by atoms with Crippen LogP contribution in [0, 0.1) is 5.82 Å². The number of rotatable bonds is 6. The minimum atomic E-state index is -3.73. The molecule has 9 nitrogen and oxygen atoms in total. The summed E-state index contributed by atoms with van der Waals surface area (Å²) in [4.78, 5) is 24.9. The second-order valence-electron chi connectivity index (χ2n) is 6.09. The molecule has 0 saturated heterocycles. The van der Waals surface area contributed by atoms with Crippen molar-refractivity contribution in [1.82, 2.24) is 19.5 Å². The Labute approximate surface area is 160 Å². The Bertz CT molecular complexity index is 1210. The van der Waals surface area contributed by atoms with E-state index in [-0.39, 0.29) is 16.9 Å². The van der Waals surface area contributed by atoms with Gasteiger partial charge in [0.15, 0.2) is 11.6 Å². The maximum absolute atomic E-state index is 15.0. The molecule has 0 aliphatic carbocycles. The minimum absolute atomic E-state index is 0.0478. The maximum atomic E-state index is 15.0. The van der Waals surface area contributed by atoms with Crippen molar-refractivity contribution in [1.29, 1.82) is 0 Å². The molecule has 0 amide bonds. The highest BCUT2D eigenvalue weighted by Crippen LogP contribution is 2.26. The van der Waals surface area contributed by atoms with Crippen molar-refractivity contribution in [3.8, 4) is 11.1 Å². The quantitative estimate of drug-likeness (QED) is 0.640. The number of nitrogens with one attached hydrogen (secondary N) is 2. The van der Waals surface area contributed by atoms with Crippen LogP contribution in [0.5, 0.6) is 0 Å². The third kappa shape index (κ3) is 3.65. The molecule has 0 aliphatic rings. The van der Waals surface area contributed by atoms with Gasteiger partial charge in [-0.2, -0.15) is 4.98 Å². The summed E-state index contributed by atoms with van der Waals surface area (Å²) < 4.78 is 42.3. The Morgan fingerprint density at radius 1 is 1.25 bits per heavy atom. The summed E-state index contributed by atoms with van der Waals surface area (Å²) in [6.45, 7) is 1.69. The van der Waals surface area contributed by atoms with Gasteiger partial charge >= 0.3 is 0 Å². The molecule has 0 aliphatic heterocycles. The van der Waals surface area contributed by atoms with Gasteiger partial charge in [-0.15, -0.1) is 0 Å². The number of fused-ring (bicyclic) bond motifs is 1. The molecule has 3 aromatic heterocycles. The summed E-state index contributed by atoms with van der Waals surface area (Å²) >= 11 is 0. The Morgan fingerprint density at radius 3 is 2.68 bits per heavy atom. The zero-order chi connectivity index (χ0) is 20.5. The first-order chi connectivity index (χ1) is 13.3. The summed E-state index contributed by atoms with van der Waals surface area (Å²) in [5.74, 6) is -1.19. The number of pyridine rings is 2. The first-order valence-corrected chi connectivity index (χ1v) is 10.1. The van der Waals surface area contributed by atoms with Crippen LogP contribution in [-0.2, 0) is 17.1 Å². The number of sulfonamides is 1. The zero-order valence-electron chi connectivity index (χ0n) is 15.5. The molecule has 3 aromatic rings. The number of anilines is 2. The van der Waals surface area contributed by atoms with E-state index >= 15 is 0 Å². The normalized spacial score (nSPS) is 11.6. The SMILES string of the molecule is CCCS(=O)(=O)Nc1nccc(-c2cc3cnc(NC)nc3n(C)c2=O)c1F. The van der Waals surface area contributed by atoms with E-state index < -0.39 is 27.2 Å². The molecule has 3 rings (SSSR count). The number of aromatic nitrogens is 4. The Hall–Kier alpha value is -3.08. The Morgan fingerprint density at radius 2 is 2.00 bits per heavy atom. The van der Waals surface area contributed by atoms with Gasteiger partial charge in [0.05, 0.1) is 11.3 Å². The largest absolute Gasteiger partial charge is 0.357 e. The number of hydrogen-bond acceptors (Lipinski definition) is 7. The van der Waals surface area contributed by atoms with Gasteiger partial charge in [0.25, 0.3) is 5.56 Å². The van der Waals surface area contributed by atoms with E-state index in [4.69, 9.17) is 0 Å². The summed E-state index contributed by atoms with van der Waals surface area (Å²) in [7, 11) is -0.557. The van der Waals surface area contributed by atoms with Gasteiger partial charge in [-0.05, 0) is 18.6 Å². The lowest BCUT2D eigenvalue weighted by molar-refractivity contribution is 0.596. The van der Waals surface area contributed by atoms with Crippen molar-refractivity contribution < 1.29 is 12.8 Å². The van der Waals surface area contributed by atoms with Crippen LogP contribution in [0.25, 0.3) is 22.2 Å². The fourth-order valence-corrected chi connectivity index (χ4v) is 3.83. The van der Waals surface area contributed by atoms with E-state index in [0.29, 0.717) is 23.4 Å². The van der Waals surface area contributed by atoms with Crippen LogP contribution in [-0.4, -0.2) is 40.7 Å². The third-order valence-corrected chi connectivity index (χ3v) is 5.53. The smallest absolute Gasteiger partial charge is 0.259 e. The second kappa shape index (κ2) is 7.50. The molecule has 0 aromatic carbocycles. The highest BCUT2D eigenvalue weighted by molar-refractivity contribution is 7.92. The van der Waals surface area contributed by atoms with Crippen molar-refractivity contribution in [3.63, 3.8) is 0 Å². The van der Waals surface area contributed by atoms with Crippen LogP contribution >= 0.6 is 0 Å². The first kappa shape index (κ1) is 19.7. The van der Waals surface area contributed by atoms with Crippen LogP contribution < -0.4 is 15.6 Å². The predicted octanol–water partition coefficient (Wildman–Crippen LogP) is 1.72. The number of halogens is 1. The molecule has 11 heteroatoms. The second-order valence-corrected chi connectivity index (χ2v) is 7.93. The molecule has 0 spiro atoms. The lowest BCUT2D eigenvalue weighted by Gasteiger charge is -2.12. The molecule has 148 valence electrons. The summed E-state index contributed by atoms with van der Waals surface area (Å²) in [5, 5.41) is 3.32. The molecule has 28 heavy (non-hydrogen) atoms. The number of hydrogen-bond donors (Lipinski definition) is 2. The molecule has 3 heterocycles. The molecule has 0 saturated carbocycles. The molecular weight excluding hydrogens is 387 g/mol. The van der Waals surface area contributed by atoms with Crippen molar-refractivity contribution in [2.75, 3.05) is 22.8 Å². The molecule has 0 bridgehead atoms. The molecular formula is C17H19FN6O3S. The minimum Gasteiger partial charge on any atom is -0.357 e. The highest BCUT2D eigenvalue weighted by atomic mass is 32.2.